The number of amides is 1. The maximum Gasteiger partial charge on any atom is 0.333 e. The first-order valence-electron chi connectivity index (χ1n) is 11.8. The second-order valence-corrected chi connectivity index (χ2v) is 9.08. The van der Waals surface area contributed by atoms with Gasteiger partial charge in [0, 0.05) is 13.0 Å². The SMILES string of the molecule is O=C(CCCc1ccc(-n2c(=O)[nH]c3cccc(Cl)c3c2=O)cc1)NCc1cccc2ccccc12. The Hall–Kier alpha value is -4.16. The van der Waals surface area contributed by atoms with E-state index in [1.54, 1.807) is 30.3 Å². The molecule has 0 radical (unpaired) electrons. The summed E-state index contributed by atoms with van der Waals surface area (Å²) >= 11 is 6.20. The number of aryl methyl sites for hydroxylation is 1. The number of aromatic nitrogens is 2. The number of fused-ring (bicyclic) bond motifs is 2. The summed E-state index contributed by atoms with van der Waals surface area (Å²) < 4.78 is 1.08. The number of carbonyl (C=O) groups excluding carboxylic acids is 1. The fourth-order valence-corrected chi connectivity index (χ4v) is 4.70. The summed E-state index contributed by atoms with van der Waals surface area (Å²) in [5.41, 5.74) is 1.99. The Morgan fingerprint density at radius 2 is 1.64 bits per heavy atom. The van der Waals surface area contributed by atoms with Crippen LogP contribution in [0.3, 0.4) is 0 Å². The quantitative estimate of drug-likeness (QED) is 0.327. The molecule has 6 nitrogen and oxygen atoms in total. The van der Waals surface area contributed by atoms with Crippen LogP contribution in [0.25, 0.3) is 27.4 Å². The standard InChI is InChI=1S/C29H24ClN3O3/c30-24-11-5-12-25-27(24)28(35)33(29(36)32-25)22-16-14-19(15-17-22)6-3-13-26(34)31-18-21-9-4-8-20-7-1-2-10-23(20)21/h1-2,4-5,7-12,14-17H,3,6,13,18H2,(H,31,34)(H,32,36). The molecule has 0 fully saturated rings. The lowest BCUT2D eigenvalue weighted by Gasteiger charge is -2.09. The summed E-state index contributed by atoms with van der Waals surface area (Å²) in [5, 5.41) is 5.88. The average Bonchev–Trinajstić information content (AvgIpc) is 2.88. The highest BCUT2D eigenvalue weighted by Crippen LogP contribution is 2.19. The van der Waals surface area contributed by atoms with Crippen molar-refractivity contribution >= 4 is 39.2 Å². The van der Waals surface area contributed by atoms with Crippen molar-refractivity contribution in [2.24, 2.45) is 0 Å². The predicted octanol–water partition coefficient (Wildman–Crippen LogP) is 5.12. The van der Waals surface area contributed by atoms with E-state index in [0.717, 1.165) is 26.5 Å². The van der Waals surface area contributed by atoms with E-state index >= 15 is 0 Å². The Bertz CT molecular complexity index is 1680. The molecule has 1 aromatic heterocycles. The number of rotatable bonds is 7. The second-order valence-electron chi connectivity index (χ2n) is 8.67. The van der Waals surface area contributed by atoms with Gasteiger partial charge in [-0.25, -0.2) is 9.36 Å². The van der Waals surface area contributed by atoms with Gasteiger partial charge in [0.25, 0.3) is 5.56 Å². The number of benzene rings is 4. The predicted molar refractivity (Wildman–Crippen MR) is 144 cm³/mol. The van der Waals surface area contributed by atoms with Gasteiger partial charge in [0.05, 0.1) is 21.6 Å². The van der Waals surface area contributed by atoms with Gasteiger partial charge in [-0.1, -0.05) is 72.3 Å². The molecule has 0 aliphatic heterocycles. The highest BCUT2D eigenvalue weighted by molar-refractivity contribution is 6.35. The molecular weight excluding hydrogens is 474 g/mol. The summed E-state index contributed by atoms with van der Waals surface area (Å²) in [5.74, 6) is 0.00526. The van der Waals surface area contributed by atoms with Crippen LogP contribution < -0.4 is 16.6 Å². The Morgan fingerprint density at radius 3 is 2.47 bits per heavy atom. The first-order valence-corrected chi connectivity index (χ1v) is 12.2. The largest absolute Gasteiger partial charge is 0.352 e. The summed E-state index contributed by atoms with van der Waals surface area (Å²) in [6.07, 6.45) is 1.80. The van der Waals surface area contributed by atoms with Crippen molar-refractivity contribution in [2.45, 2.75) is 25.8 Å². The van der Waals surface area contributed by atoms with Gasteiger partial charge >= 0.3 is 5.69 Å². The lowest BCUT2D eigenvalue weighted by Crippen LogP contribution is -2.33. The van der Waals surface area contributed by atoms with Crippen molar-refractivity contribution < 1.29 is 4.79 Å². The van der Waals surface area contributed by atoms with Gasteiger partial charge in [0.2, 0.25) is 5.91 Å². The summed E-state index contributed by atoms with van der Waals surface area (Å²) in [6.45, 7) is 0.494. The molecule has 0 aliphatic carbocycles. The topological polar surface area (TPSA) is 84.0 Å². The van der Waals surface area contributed by atoms with E-state index in [0.29, 0.717) is 37.0 Å². The summed E-state index contributed by atoms with van der Waals surface area (Å²) in [7, 11) is 0. The van der Waals surface area contributed by atoms with Crippen molar-refractivity contribution in [3.63, 3.8) is 0 Å². The third kappa shape index (κ3) is 4.81. The molecule has 36 heavy (non-hydrogen) atoms. The van der Waals surface area contributed by atoms with Gasteiger partial charge in [-0.3, -0.25) is 9.59 Å². The van der Waals surface area contributed by atoms with Crippen LogP contribution in [0.4, 0.5) is 0 Å². The molecule has 180 valence electrons. The normalized spacial score (nSPS) is 11.1. The van der Waals surface area contributed by atoms with Crippen LogP contribution in [-0.4, -0.2) is 15.5 Å². The average molecular weight is 498 g/mol. The molecule has 1 heterocycles. The molecule has 0 spiro atoms. The fraction of sp³-hybridized carbons (Fsp3) is 0.138. The Balaban J connectivity index is 1.20. The van der Waals surface area contributed by atoms with Crippen LogP contribution in [0, 0.1) is 0 Å². The molecule has 1 amide bonds. The Labute approximate surface area is 212 Å². The minimum absolute atomic E-state index is 0.00526. The van der Waals surface area contributed by atoms with Crippen molar-refractivity contribution in [3.05, 3.63) is 122 Å². The van der Waals surface area contributed by atoms with E-state index < -0.39 is 11.2 Å². The van der Waals surface area contributed by atoms with Crippen LogP contribution in [-0.2, 0) is 17.8 Å². The van der Waals surface area contributed by atoms with Gasteiger partial charge < -0.3 is 10.3 Å². The lowest BCUT2D eigenvalue weighted by molar-refractivity contribution is -0.121. The molecular formula is C29H24ClN3O3. The van der Waals surface area contributed by atoms with Crippen molar-refractivity contribution in [2.75, 3.05) is 0 Å². The number of H-pyrrole nitrogens is 1. The third-order valence-electron chi connectivity index (χ3n) is 6.30. The molecule has 4 aromatic carbocycles. The minimum atomic E-state index is -0.523. The third-order valence-corrected chi connectivity index (χ3v) is 6.61. The molecule has 5 aromatic rings. The van der Waals surface area contributed by atoms with Crippen LogP contribution >= 0.6 is 11.6 Å². The molecule has 0 saturated heterocycles. The molecule has 7 heteroatoms. The lowest BCUT2D eigenvalue weighted by atomic mass is 10.0. The first-order chi connectivity index (χ1) is 17.5. The molecule has 2 N–H and O–H groups in total. The molecule has 5 rings (SSSR count). The van der Waals surface area contributed by atoms with Gasteiger partial charge in [-0.2, -0.15) is 0 Å². The van der Waals surface area contributed by atoms with Crippen LogP contribution in [0.15, 0.2) is 94.5 Å². The Kier molecular flexibility index (Phi) is 6.69. The number of hydrogen-bond acceptors (Lipinski definition) is 3. The van der Waals surface area contributed by atoms with Gasteiger partial charge in [0.1, 0.15) is 0 Å². The fourth-order valence-electron chi connectivity index (χ4n) is 4.45. The van der Waals surface area contributed by atoms with Crippen LogP contribution in [0.2, 0.25) is 5.02 Å². The van der Waals surface area contributed by atoms with Gasteiger partial charge in [-0.05, 0) is 59.0 Å². The highest BCUT2D eigenvalue weighted by Gasteiger charge is 2.12. The van der Waals surface area contributed by atoms with Crippen LogP contribution in [0.1, 0.15) is 24.0 Å². The molecule has 0 atom stereocenters. The van der Waals surface area contributed by atoms with E-state index in [4.69, 9.17) is 11.6 Å². The van der Waals surface area contributed by atoms with Crippen molar-refractivity contribution in [1.29, 1.82) is 0 Å². The maximum atomic E-state index is 13.0. The number of nitrogens with one attached hydrogen (secondary N) is 2. The zero-order chi connectivity index (χ0) is 25.1. The van der Waals surface area contributed by atoms with E-state index in [2.05, 4.69) is 28.5 Å². The molecule has 0 saturated carbocycles. The Morgan fingerprint density at radius 1 is 0.889 bits per heavy atom. The zero-order valence-electron chi connectivity index (χ0n) is 19.5. The molecule has 0 bridgehead atoms. The van der Waals surface area contributed by atoms with E-state index in [1.807, 2.05) is 36.4 Å². The van der Waals surface area contributed by atoms with E-state index in [-0.39, 0.29) is 16.3 Å². The monoisotopic (exact) mass is 497 g/mol. The first kappa shape index (κ1) is 23.6. The molecule has 0 aliphatic rings. The van der Waals surface area contributed by atoms with E-state index in [9.17, 15) is 14.4 Å². The van der Waals surface area contributed by atoms with Crippen molar-refractivity contribution in [1.82, 2.24) is 14.9 Å². The smallest absolute Gasteiger partial charge is 0.333 e. The molecule has 0 unspecified atom stereocenters. The highest BCUT2D eigenvalue weighted by atomic mass is 35.5. The van der Waals surface area contributed by atoms with Crippen LogP contribution in [0.5, 0.6) is 0 Å². The number of halogens is 1. The number of hydrogen-bond donors (Lipinski definition) is 2. The van der Waals surface area contributed by atoms with Gasteiger partial charge in [-0.15, -0.1) is 0 Å². The van der Waals surface area contributed by atoms with Crippen molar-refractivity contribution in [3.8, 4) is 5.69 Å². The second kappa shape index (κ2) is 10.2. The van der Waals surface area contributed by atoms with Gasteiger partial charge in [0.15, 0.2) is 0 Å². The number of carbonyl (C=O) groups is 1. The summed E-state index contributed by atoms with van der Waals surface area (Å²) in [6, 6.07) is 26.4. The zero-order valence-corrected chi connectivity index (χ0v) is 20.2. The summed E-state index contributed by atoms with van der Waals surface area (Å²) in [4.78, 5) is 40.6. The maximum absolute atomic E-state index is 13.0. The minimum Gasteiger partial charge on any atom is -0.352 e. The van der Waals surface area contributed by atoms with E-state index in [1.165, 1.54) is 0 Å². The number of nitrogens with zero attached hydrogens (tertiary/aromatic N) is 1. The number of aromatic amines is 1.